The Balaban J connectivity index is 2.93. The van der Waals surface area contributed by atoms with Crippen LogP contribution in [0.1, 0.15) is 37.6 Å². The third-order valence-corrected chi connectivity index (χ3v) is 2.99. The van der Waals surface area contributed by atoms with Gasteiger partial charge in [0.2, 0.25) is 0 Å². The van der Waals surface area contributed by atoms with Crippen LogP contribution >= 0.6 is 0 Å². The highest BCUT2D eigenvalue weighted by atomic mass is 16.5. The highest BCUT2D eigenvalue weighted by Gasteiger charge is 2.07. The molecule has 0 aliphatic rings. The van der Waals surface area contributed by atoms with E-state index in [4.69, 9.17) is 0 Å². The molecule has 104 valence electrons. The van der Waals surface area contributed by atoms with Crippen molar-refractivity contribution < 1.29 is 9.53 Å². The molecule has 0 spiro atoms. The lowest BCUT2D eigenvalue weighted by atomic mass is 10.2. The number of benzene rings is 1. The predicted molar refractivity (Wildman–Crippen MR) is 78.1 cm³/mol. The SMILES string of the molecule is CCC(=Nc1ccc(C(=O)OC)cc1)N(CC)CC. The Bertz CT molecular complexity index is 434. The van der Waals surface area contributed by atoms with Crippen LogP contribution in [0.25, 0.3) is 0 Å². The van der Waals surface area contributed by atoms with Gasteiger partial charge in [0.25, 0.3) is 0 Å². The molecule has 4 heteroatoms. The van der Waals surface area contributed by atoms with Crippen LogP contribution < -0.4 is 0 Å². The van der Waals surface area contributed by atoms with Crippen molar-refractivity contribution in [1.29, 1.82) is 0 Å². The molecule has 0 aromatic heterocycles. The van der Waals surface area contributed by atoms with Gasteiger partial charge in [0, 0.05) is 19.5 Å². The molecule has 0 saturated carbocycles. The fraction of sp³-hybridized carbons (Fsp3) is 0.467. The van der Waals surface area contributed by atoms with Gasteiger partial charge in [0.1, 0.15) is 5.84 Å². The lowest BCUT2D eigenvalue weighted by molar-refractivity contribution is 0.0601. The van der Waals surface area contributed by atoms with Crippen LogP contribution in [0.3, 0.4) is 0 Å². The molecule has 0 heterocycles. The van der Waals surface area contributed by atoms with E-state index in [0.717, 1.165) is 31.0 Å². The molecule has 0 unspecified atom stereocenters. The molecular weight excluding hydrogens is 240 g/mol. The number of methoxy groups -OCH3 is 1. The quantitative estimate of drug-likeness (QED) is 0.464. The first kappa shape index (κ1) is 15.2. The molecule has 0 atom stereocenters. The molecule has 0 fully saturated rings. The fourth-order valence-electron chi connectivity index (χ4n) is 1.90. The zero-order valence-corrected chi connectivity index (χ0v) is 12.1. The largest absolute Gasteiger partial charge is 0.465 e. The van der Waals surface area contributed by atoms with Gasteiger partial charge in [-0.05, 0) is 38.1 Å². The summed E-state index contributed by atoms with van der Waals surface area (Å²) in [6.07, 6.45) is 0.889. The minimum Gasteiger partial charge on any atom is -0.465 e. The molecule has 0 N–H and O–H groups in total. The van der Waals surface area contributed by atoms with E-state index in [1.807, 2.05) is 12.1 Å². The smallest absolute Gasteiger partial charge is 0.337 e. The van der Waals surface area contributed by atoms with E-state index < -0.39 is 0 Å². The summed E-state index contributed by atoms with van der Waals surface area (Å²) in [4.78, 5) is 18.2. The molecule has 1 aromatic carbocycles. The van der Waals surface area contributed by atoms with E-state index in [0.29, 0.717) is 5.56 Å². The number of nitrogens with zero attached hydrogens (tertiary/aromatic N) is 2. The number of carbonyl (C=O) groups excluding carboxylic acids is 1. The lowest BCUT2D eigenvalue weighted by Crippen LogP contribution is -2.29. The maximum atomic E-state index is 11.3. The highest BCUT2D eigenvalue weighted by molar-refractivity contribution is 5.90. The van der Waals surface area contributed by atoms with Crippen molar-refractivity contribution in [3.63, 3.8) is 0 Å². The first-order valence-electron chi connectivity index (χ1n) is 6.67. The van der Waals surface area contributed by atoms with Gasteiger partial charge in [-0.25, -0.2) is 9.79 Å². The van der Waals surface area contributed by atoms with Gasteiger partial charge in [-0.2, -0.15) is 0 Å². The average molecular weight is 262 g/mol. The van der Waals surface area contributed by atoms with Crippen LogP contribution in [0.2, 0.25) is 0 Å². The topological polar surface area (TPSA) is 41.9 Å². The van der Waals surface area contributed by atoms with E-state index in [1.165, 1.54) is 7.11 Å². The van der Waals surface area contributed by atoms with Crippen molar-refractivity contribution in [2.45, 2.75) is 27.2 Å². The minimum atomic E-state index is -0.324. The first-order chi connectivity index (χ1) is 9.15. The molecule has 0 bridgehead atoms. The molecule has 0 amide bonds. The van der Waals surface area contributed by atoms with Crippen molar-refractivity contribution in [3.05, 3.63) is 29.8 Å². The Morgan fingerprint density at radius 1 is 1.16 bits per heavy atom. The number of carbonyl (C=O) groups is 1. The third kappa shape index (κ3) is 4.09. The Labute approximate surface area is 115 Å². The van der Waals surface area contributed by atoms with E-state index in [9.17, 15) is 4.79 Å². The molecule has 0 aliphatic carbocycles. The molecule has 0 aliphatic heterocycles. The Morgan fingerprint density at radius 2 is 1.74 bits per heavy atom. The standard InChI is InChI=1S/C15H22N2O2/c1-5-14(17(6-2)7-3)16-13-10-8-12(9-11-13)15(18)19-4/h8-11H,5-7H2,1-4H3. The molecule has 0 radical (unpaired) electrons. The third-order valence-electron chi connectivity index (χ3n) is 2.99. The normalized spacial score (nSPS) is 11.3. The summed E-state index contributed by atoms with van der Waals surface area (Å²) in [7, 11) is 1.38. The Hall–Kier alpha value is -1.84. The number of amidine groups is 1. The predicted octanol–water partition coefficient (Wildman–Crippen LogP) is 3.26. The van der Waals surface area contributed by atoms with Gasteiger partial charge in [-0.1, -0.05) is 6.92 Å². The van der Waals surface area contributed by atoms with E-state index in [2.05, 4.69) is 35.4 Å². The molecule has 1 rings (SSSR count). The first-order valence-corrected chi connectivity index (χ1v) is 6.67. The van der Waals surface area contributed by atoms with Gasteiger partial charge < -0.3 is 9.64 Å². The highest BCUT2D eigenvalue weighted by Crippen LogP contribution is 2.15. The Morgan fingerprint density at radius 3 is 2.16 bits per heavy atom. The number of esters is 1. The van der Waals surface area contributed by atoms with Gasteiger partial charge in [-0.15, -0.1) is 0 Å². The van der Waals surface area contributed by atoms with Crippen LogP contribution in [0.4, 0.5) is 5.69 Å². The fourth-order valence-corrected chi connectivity index (χ4v) is 1.90. The van der Waals surface area contributed by atoms with Crippen LogP contribution in [-0.4, -0.2) is 36.9 Å². The average Bonchev–Trinajstić information content (AvgIpc) is 2.47. The minimum absolute atomic E-state index is 0.324. The Kier molecular flexibility index (Phi) is 6.06. The number of hydrogen-bond acceptors (Lipinski definition) is 3. The lowest BCUT2D eigenvalue weighted by Gasteiger charge is -2.22. The van der Waals surface area contributed by atoms with E-state index in [-0.39, 0.29) is 5.97 Å². The maximum Gasteiger partial charge on any atom is 0.337 e. The van der Waals surface area contributed by atoms with E-state index >= 15 is 0 Å². The number of ether oxygens (including phenoxy) is 1. The van der Waals surface area contributed by atoms with Gasteiger partial charge >= 0.3 is 5.97 Å². The van der Waals surface area contributed by atoms with E-state index in [1.54, 1.807) is 12.1 Å². The molecule has 1 aromatic rings. The summed E-state index contributed by atoms with van der Waals surface area (Å²) < 4.78 is 4.67. The second kappa shape index (κ2) is 7.56. The zero-order chi connectivity index (χ0) is 14.3. The summed E-state index contributed by atoms with van der Waals surface area (Å²) in [6, 6.07) is 7.15. The van der Waals surface area contributed by atoms with Crippen molar-refractivity contribution in [1.82, 2.24) is 4.90 Å². The van der Waals surface area contributed by atoms with Gasteiger partial charge in [-0.3, -0.25) is 0 Å². The van der Waals surface area contributed by atoms with Crippen LogP contribution in [0.5, 0.6) is 0 Å². The summed E-state index contributed by atoms with van der Waals surface area (Å²) in [5, 5.41) is 0. The summed E-state index contributed by atoms with van der Waals surface area (Å²) in [5.41, 5.74) is 1.40. The summed E-state index contributed by atoms with van der Waals surface area (Å²) in [5.74, 6) is 0.741. The van der Waals surface area contributed by atoms with Gasteiger partial charge in [0.05, 0.1) is 18.4 Å². The number of aliphatic imine (C=N–C) groups is 1. The van der Waals surface area contributed by atoms with Crippen LogP contribution in [0, 0.1) is 0 Å². The number of rotatable bonds is 5. The second-order valence-corrected chi connectivity index (χ2v) is 4.09. The summed E-state index contributed by atoms with van der Waals surface area (Å²) in [6.45, 7) is 8.23. The van der Waals surface area contributed by atoms with Crippen LogP contribution in [0.15, 0.2) is 29.3 Å². The zero-order valence-electron chi connectivity index (χ0n) is 12.1. The van der Waals surface area contributed by atoms with Crippen molar-refractivity contribution >= 4 is 17.5 Å². The number of hydrogen-bond donors (Lipinski definition) is 0. The van der Waals surface area contributed by atoms with Crippen molar-refractivity contribution in [2.24, 2.45) is 4.99 Å². The second-order valence-electron chi connectivity index (χ2n) is 4.09. The molecule has 19 heavy (non-hydrogen) atoms. The monoisotopic (exact) mass is 262 g/mol. The van der Waals surface area contributed by atoms with Gasteiger partial charge in [0.15, 0.2) is 0 Å². The van der Waals surface area contributed by atoms with Crippen LogP contribution in [-0.2, 0) is 4.74 Å². The maximum absolute atomic E-state index is 11.3. The molecule has 0 saturated heterocycles. The molecule has 4 nitrogen and oxygen atoms in total. The summed E-state index contributed by atoms with van der Waals surface area (Å²) >= 11 is 0. The van der Waals surface area contributed by atoms with Crippen molar-refractivity contribution in [2.75, 3.05) is 20.2 Å². The van der Waals surface area contributed by atoms with Crippen molar-refractivity contribution in [3.8, 4) is 0 Å². The molecular formula is C15H22N2O2.